The van der Waals surface area contributed by atoms with Crippen molar-refractivity contribution in [1.29, 1.82) is 0 Å². The van der Waals surface area contributed by atoms with Gasteiger partial charge in [0.1, 0.15) is 36.1 Å². The van der Waals surface area contributed by atoms with Crippen LogP contribution >= 0.6 is 11.6 Å². The number of hydrogen-bond donors (Lipinski definition) is 9. The number of carbonyl (C=O) groups is 7. The quantitative estimate of drug-likeness (QED) is 0.0678. The van der Waals surface area contributed by atoms with Gasteiger partial charge in [-0.15, -0.1) is 11.6 Å². The van der Waals surface area contributed by atoms with Crippen molar-refractivity contribution in [3.63, 3.8) is 0 Å². The smallest absolute Gasteiger partial charge is 0.245 e. The Morgan fingerprint density at radius 2 is 1.40 bits per heavy atom. The number of carbonyl (C=O) groups excluding carboxylic acids is 7. The predicted molar refractivity (Wildman–Crippen MR) is 182 cm³/mol. The van der Waals surface area contributed by atoms with Crippen LogP contribution in [0.4, 0.5) is 0 Å². The average molecular weight is 720 g/mol. The molecule has 0 saturated heterocycles. The number of primary amides is 1. The molecule has 1 aromatic carbocycles. The molecule has 7 amide bonds. The fourth-order valence-corrected chi connectivity index (χ4v) is 4.74. The lowest BCUT2D eigenvalue weighted by Gasteiger charge is -2.26. The lowest BCUT2D eigenvalue weighted by atomic mass is 10.0. The molecule has 0 radical (unpaired) electrons. The number of nitrogens with one attached hydrogen (secondary N) is 7. The van der Waals surface area contributed by atoms with E-state index >= 15 is 0 Å². The van der Waals surface area contributed by atoms with Crippen LogP contribution in [0.3, 0.4) is 0 Å². The van der Waals surface area contributed by atoms with Gasteiger partial charge in [0.05, 0.1) is 19.0 Å². The summed E-state index contributed by atoms with van der Waals surface area (Å²) < 4.78 is 0. The second-order valence-corrected chi connectivity index (χ2v) is 12.4. The first-order valence-electron chi connectivity index (χ1n) is 15.9. The molecule has 0 spiro atoms. The summed E-state index contributed by atoms with van der Waals surface area (Å²) in [6.45, 7) is 5.66. The second kappa shape index (κ2) is 20.5. The Kier molecular flexibility index (Phi) is 16.8. The lowest BCUT2D eigenvalue weighted by molar-refractivity contribution is -0.135. The molecule has 18 heteroatoms. The summed E-state index contributed by atoms with van der Waals surface area (Å²) in [6.07, 6.45) is 1.65. The van der Waals surface area contributed by atoms with Crippen molar-refractivity contribution in [2.24, 2.45) is 11.7 Å². The summed E-state index contributed by atoms with van der Waals surface area (Å²) in [5.74, 6) is -5.66. The number of rotatable bonds is 20. The number of halogens is 1. The number of alkyl halides is 1. The molecule has 0 fully saturated rings. The Morgan fingerprint density at radius 1 is 0.800 bits per heavy atom. The summed E-state index contributed by atoms with van der Waals surface area (Å²) in [4.78, 5) is 95.9. The van der Waals surface area contributed by atoms with E-state index in [0.717, 1.165) is 0 Å². The summed E-state index contributed by atoms with van der Waals surface area (Å²) in [5.41, 5.74) is 6.45. The Morgan fingerprint density at radius 3 is 1.96 bits per heavy atom. The predicted octanol–water partition coefficient (Wildman–Crippen LogP) is -2.09. The largest absolute Gasteiger partial charge is 0.391 e. The van der Waals surface area contributed by atoms with Crippen molar-refractivity contribution in [2.75, 3.05) is 12.4 Å². The number of aliphatic hydroxyl groups excluding tert-OH is 1. The molecular formula is C32H46ClN9O8. The minimum atomic E-state index is -1.49. The molecule has 0 aliphatic rings. The van der Waals surface area contributed by atoms with Gasteiger partial charge in [0.25, 0.3) is 0 Å². The Hall–Kier alpha value is -5.03. The fourth-order valence-electron chi connectivity index (χ4n) is 4.66. The summed E-state index contributed by atoms with van der Waals surface area (Å²) in [5, 5.41) is 25.1. The van der Waals surface area contributed by atoms with Gasteiger partial charge in [0, 0.05) is 24.7 Å². The standard InChI is InChI=1S/C32H46ClN9O8/c1-17(2)10-22(39-25(44)13-33)31(49)42-27(19(4)43)32(50)36-15-26(45)40-23(11-20-8-6-5-7-9-20)30(48)41-24(12-21-14-35-16-37-21)29(47)38-18(3)28(34)46/h5-9,14,16-19,22-24,27,43H,10-13,15H2,1-4H3,(H2,34,46)(H,35,37)(H,36,50)(H,38,47)(H,39,44)(H,40,45)(H,41,48)(H,42,49)/t18-,19+,22-,23-,24-,27-/m0/s1. The highest BCUT2D eigenvalue weighted by atomic mass is 35.5. The van der Waals surface area contributed by atoms with Gasteiger partial charge in [-0.05, 0) is 31.7 Å². The zero-order valence-corrected chi connectivity index (χ0v) is 29.1. The molecule has 0 saturated carbocycles. The van der Waals surface area contributed by atoms with Gasteiger partial charge in [-0.25, -0.2) is 4.98 Å². The van der Waals surface area contributed by atoms with Crippen molar-refractivity contribution in [3.05, 3.63) is 54.1 Å². The topological polar surface area (TPSA) is 267 Å². The molecule has 0 unspecified atom stereocenters. The molecule has 0 aliphatic carbocycles. The van der Waals surface area contributed by atoms with Gasteiger partial charge in [0.15, 0.2) is 0 Å². The number of imidazole rings is 1. The number of aliphatic hydroxyl groups is 1. The molecule has 1 aromatic heterocycles. The molecule has 17 nitrogen and oxygen atoms in total. The van der Waals surface area contributed by atoms with Gasteiger partial charge in [0.2, 0.25) is 41.4 Å². The van der Waals surface area contributed by atoms with Gasteiger partial charge < -0.3 is 47.7 Å². The van der Waals surface area contributed by atoms with E-state index in [4.69, 9.17) is 17.3 Å². The Balaban J connectivity index is 2.18. The first-order chi connectivity index (χ1) is 23.6. The molecule has 10 N–H and O–H groups in total. The van der Waals surface area contributed by atoms with E-state index < -0.39 is 84.2 Å². The highest BCUT2D eigenvalue weighted by Crippen LogP contribution is 2.08. The first-order valence-corrected chi connectivity index (χ1v) is 16.5. The second-order valence-electron chi connectivity index (χ2n) is 12.1. The van der Waals surface area contributed by atoms with E-state index in [9.17, 15) is 38.7 Å². The van der Waals surface area contributed by atoms with E-state index in [-0.39, 0.29) is 31.1 Å². The van der Waals surface area contributed by atoms with E-state index in [1.165, 1.54) is 26.4 Å². The minimum absolute atomic E-state index is 0.0000631. The monoisotopic (exact) mass is 719 g/mol. The number of H-pyrrole nitrogens is 1. The van der Waals surface area contributed by atoms with Gasteiger partial charge in [-0.1, -0.05) is 44.2 Å². The van der Waals surface area contributed by atoms with Crippen LogP contribution in [0.15, 0.2) is 42.9 Å². The number of benzene rings is 1. The molecule has 2 rings (SSSR count). The number of amides is 7. The first kappa shape index (κ1) is 41.1. The van der Waals surface area contributed by atoms with Crippen molar-refractivity contribution in [3.8, 4) is 0 Å². The van der Waals surface area contributed by atoms with E-state index in [2.05, 4.69) is 41.9 Å². The molecule has 0 bridgehead atoms. The van der Waals surface area contributed by atoms with Crippen LogP contribution < -0.4 is 37.6 Å². The maximum absolute atomic E-state index is 13.6. The third-order valence-corrected chi connectivity index (χ3v) is 7.54. The third kappa shape index (κ3) is 14.2. The van der Waals surface area contributed by atoms with E-state index in [0.29, 0.717) is 11.3 Å². The average Bonchev–Trinajstić information content (AvgIpc) is 3.58. The molecular weight excluding hydrogens is 674 g/mol. The van der Waals surface area contributed by atoms with Crippen LogP contribution in [0.1, 0.15) is 45.4 Å². The zero-order chi connectivity index (χ0) is 37.4. The van der Waals surface area contributed by atoms with Crippen molar-refractivity contribution < 1.29 is 38.7 Å². The molecule has 6 atom stereocenters. The fraction of sp³-hybridized carbons (Fsp3) is 0.500. The highest BCUT2D eigenvalue weighted by Gasteiger charge is 2.32. The van der Waals surface area contributed by atoms with Crippen LogP contribution in [0.25, 0.3) is 0 Å². The van der Waals surface area contributed by atoms with Crippen LogP contribution in [-0.4, -0.2) is 105 Å². The van der Waals surface area contributed by atoms with E-state index in [1.807, 2.05) is 13.8 Å². The number of hydrogen-bond acceptors (Lipinski definition) is 9. The number of aromatic nitrogens is 2. The maximum Gasteiger partial charge on any atom is 0.245 e. The van der Waals surface area contributed by atoms with Gasteiger partial charge in [-0.2, -0.15) is 0 Å². The number of nitrogens with two attached hydrogens (primary N) is 1. The number of aromatic amines is 1. The van der Waals surface area contributed by atoms with Crippen LogP contribution in [0.5, 0.6) is 0 Å². The normalized spacial score (nSPS) is 14.5. The number of nitrogens with zero attached hydrogens (tertiary/aromatic N) is 1. The van der Waals surface area contributed by atoms with Crippen molar-refractivity contribution in [2.45, 2.75) is 83.3 Å². The summed E-state index contributed by atoms with van der Waals surface area (Å²) >= 11 is 5.56. The zero-order valence-electron chi connectivity index (χ0n) is 28.3. The van der Waals surface area contributed by atoms with Crippen LogP contribution in [0, 0.1) is 5.92 Å². The third-order valence-electron chi connectivity index (χ3n) is 7.30. The van der Waals surface area contributed by atoms with E-state index in [1.54, 1.807) is 30.3 Å². The minimum Gasteiger partial charge on any atom is -0.391 e. The summed E-state index contributed by atoms with van der Waals surface area (Å²) in [6, 6.07) is 2.71. The molecule has 2 aromatic rings. The summed E-state index contributed by atoms with van der Waals surface area (Å²) in [7, 11) is 0. The lowest BCUT2D eigenvalue weighted by Crippen LogP contribution is -2.59. The SMILES string of the molecule is CC(C)C[C@H](NC(=O)CCl)C(=O)N[C@H](C(=O)NCC(=O)N[C@@H](Cc1ccccc1)C(=O)N[C@@H](Cc1cnc[nH]1)C(=O)N[C@@H](C)C(N)=O)[C@@H](C)O. The molecule has 1 heterocycles. The molecule has 0 aliphatic heterocycles. The molecule has 274 valence electrons. The van der Waals surface area contributed by atoms with Gasteiger partial charge in [-0.3, -0.25) is 33.6 Å². The van der Waals surface area contributed by atoms with Crippen molar-refractivity contribution >= 4 is 53.0 Å². The van der Waals surface area contributed by atoms with Crippen LogP contribution in [0.2, 0.25) is 0 Å². The Labute approximate surface area is 294 Å². The molecule has 50 heavy (non-hydrogen) atoms. The van der Waals surface area contributed by atoms with Gasteiger partial charge >= 0.3 is 0 Å². The van der Waals surface area contributed by atoms with Crippen LogP contribution in [-0.2, 0) is 46.4 Å². The van der Waals surface area contributed by atoms with Crippen molar-refractivity contribution in [1.82, 2.24) is 41.9 Å². The Bertz CT molecular complexity index is 1460. The maximum atomic E-state index is 13.6. The highest BCUT2D eigenvalue weighted by molar-refractivity contribution is 6.27.